The van der Waals surface area contributed by atoms with E-state index in [1.54, 1.807) is 6.33 Å². The number of imidazole rings is 1. The zero-order chi connectivity index (χ0) is 11.1. The van der Waals surface area contributed by atoms with Crippen LogP contribution in [0, 0.1) is 0 Å². The summed E-state index contributed by atoms with van der Waals surface area (Å²) in [4.78, 5) is 14.6. The van der Waals surface area contributed by atoms with Crippen LogP contribution in [0.15, 0.2) is 12.7 Å². The van der Waals surface area contributed by atoms with E-state index < -0.39 is 6.17 Å². The van der Waals surface area contributed by atoms with Crippen molar-refractivity contribution in [3.05, 3.63) is 12.7 Å². The number of halogens is 1. The molecule has 0 spiro atoms. The zero-order valence-corrected chi connectivity index (χ0v) is 8.97. The molecule has 3 heterocycles. The molecule has 2 aromatic heterocycles. The van der Waals surface area contributed by atoms with E-state index in [1.165, 1.54) is 6.33 Å². The van der Waals surface area contributed by atoms with Gasteiger partial charge in [0, 0.05) is 13.6 Å². The molecule has 1 atom stereocenters. The fraction of sp³-hybridized carbons (Fsp3) is 0.500. The Morgan fingerprint density at radius 3 is 3.00 bits per heavy atom. The van der Waals surface area contributed by atoms with Crippen molar-refractivity contribution in [1.29, 1.82) is 0 Å². The van der Waals surface area contributed by atoms with Crippen LogP contribution in [0.3, 0.4) is 0 Å². The van der Waals surface area contributed by atoms with Crippen LogP contribution in [-0.4, -0.2) is 38.8 Å². The molecule has 0 amide bonds. The van der Waals surface area contributed by atoms with Crippen LogP contribution in [0.1, 0.15) is 6.42 Å². The molecule has 84 valence electrons. The molecule has 3 rings (SSSR count). The standard InChI is InChI=1S/C10H12FN5/c1-15-6-14-8-9(15)12-5-13-10(8)16-3-2-7(11)4-16/h5-7H,2-4H2,1H3. The molecule has 0 aromatic carbocycles. The van der Waals surface area contributed by atoms with Crippen LogP contribution in [0.25, 0.3) is 11.2 Å². The molecule has 1 saturated heterocycles. The largest absolute Gasteiger partial charge is 0.352 e. The monoisotopic (exact) mass is 221 g/mol. The quantitative estimate of drug-likeness (QED) is 0.718. The Kier molecular flexibility index (Phi) is 2.02. The van der Waals surface area contributed by atoms with E-state index >= 15 is 0 Å². The van der Waals surface area contributed by atoms with Crippen LogP contribution in [0.4, 0.5) is 10.2 Å². The van der Waals surface area contributed by atoms with Gasteiger partial charge in [0.2, 0.25) is 0 Å². The maximum Gasteiger partial charge on any atom is 0.165 e. The van der Waals surface area contributed by atoms with Crippen LogP contribution in [-0.2, 0) is 7.05 Å². The summed E-state index contributed by atoms with van der Waals surface area (Å²) in [5.74, 6) is 0.741. The predicted octanol–water partition coefficient (Wildman–Crippen LogP) is 0.911. The predicted molar refractivity (Wildman–Crippen MR) is 58.0 cm³/mol. The van der Waals surface area contributed by atoms with Gasteiger partial charge in [-0.2, -0.15) is 0 Å². The third-order valence-corrected chi connectivity index (χ3v) is 2.91. The van der Waals surface area contributed by atoms with Gasteiger partial charge < -0.3 is 9.47 Å². The Balaban J connectivity index is 2.09. The van der Waals surface area contributed by atoms with Gasteiger partial charge in [-0.15, -0.1) is 0 Å². The van der Waals surface area contributed by atoms with Crippen LogP contribution < -0.4 is 4.90 Å². The average molecular weight is 221 g/mol. The van der Waals surface area contributed by atoms with E-state index in [0.29, 0.717) is 19.5 Å². The summed E-state index contributed by atoms with van der Waals surface area (Å²) in [5, 5.41) is 0. The number of aryl methyl sites for hydroxylation is 1. The first kappa shape index (κ1) is 9.50. The number of aromatic nitrogens is 4. The molecule has 2 aromatic rings. The Labute approximate surface area is 91.9 Å². The highest BCUT2D eigenvalue weighted by Crippen LogP contribution is 2.25. The van der Waals surface area contributed by atoms with Crippen LogP contribution in [0.5, 0.6) is 0 Å². The van der Waals surface area contributed by atoms with Gasteiger partial charge in [-0.05, 0) is 6.42 Å². The molecule has 5 nitrogen and oxygen atoms in total. The summed E-state index contributed by atoms with van der Waals surface area (Å²) in [6.45, 7) is 1.10. The fourth-order valence-electron chi connectivity index (χ4n) is 2.07. The summed E-state index contributed by atoms with van der Waals surface area (Å²) < 4.78 is 15.0. The molecule has 0 saturated carbocycles. The van der Waals surface area contributed by atoms with Gasteiger partial charge in [0.15, 0.2) is 17.0 Å². The summed E-state index contributed by atoms with van der Waals surface area (Å²) in [6.07, 6.45) is 3.02. The van der Waals surface area contributed by atoms with Gasteiger partial charge in [-0.3, -0.25) is 0 Å². The van der Waals surface area contributed by atoms with Gasteiger partial charge in [0.1, 0.15) is 12.5 Å². The smallest absolute Gasteiger partial charge is 0.165 e. The molecular formula is C10H12FN5. The highest BCUT2D eigenvalue weighted by Gasteiger charge is 2.25. The highest BCUT2D eigenvalue weighted by molar-refractivity contribution is 5.83. The lowest BCUT2D eigenvalue weighted by Crippen LogP contribution is -2.21. The van der Waals surface area contributed by atoms with Crippen molar-refractivity contribution >= 4 is 17.0 Å². The summed E-state index contributed by atoms with van der Waals surface area (Å²) in [5.41, 5.74) is 1.53. The fourth-order valence-corrected chi connectivity index (χ4v) is 2.07. The number of rotatable bonds is 1. The third kappa shape index (κ3) is 1.33. The van der Waals surface area contributed by atoms with Crippen molar-refractivity contribution in [1.82, 2.24) is 19.5 Å². The minimum absolute atomic E-state index is 0.405. The van der Waals surface area contributed by atoms with E-state index in [2.05, 4.69) is 15.0 Å². The van der Waals surface area contributed by atoms with E-state index in [-0.39, 0.29) is 0 Å². The number of alkyl halides is 1. The normalized spacial score (nSPS) is 20.9. The molecule has 16 heavy (non-hydrogen) atoms. The minimum Gasteiger partial charge on any atom is -0.352 e. The van der Waals surface area contributed by atoms with Crippen molar-refractivity contribution < 1.29 is 4.39 Å². The van der Waals surface area contributed by atoms with Crippen molar-refractivity contribution in [2.45, 2.75) is 12.6 Å². The number of hydrogen-bond donors (Lipinski definition) is 0. The lowest BCUT2D eigenvalue weighted by Gasteiger charge is -2.15. The molecule has 1 aliphatic heterocycles. The maximum atomic E-state index is 13.2. The lowest BCUT2D eigenvalue weighted by atomic mass is 10.3. The van der Waals surface area contributed by atoms with Crippen molar-refractivity contribution in [2.75, 3.05) is 18.0 Å². The molecule has 1 aliphatic rings. The second-order valence-corrected chi connectivity index (χ2v) is 4.06. The highest BCUT2D eigenvalue weighted by atomic mass is 19.1. The average Bonchev–Trinajstić information content (AvgIpc) is 2.86. The first-order chi connectivity index (χ1) is 7.75. The topological polar surface area (TPSA) is 46.8 Å². The first-order valence-electron chi connectivity index (χ1n) is 5.27. The minimum atomic E-state index is -0.756. The SMILES string of the molecule is Cn1cnc2c(N3CCC(F)C3)ncnc21. The Morgan fingerprint density at radius 1 is 1.38 bits per heavy atom. The van der Waals surface area contributed by atoms with Crippen LogP contribution >= 0.6 is 0 Å². The summed E-state index contributed by atoms with van der Waals surface area (Å²) >= 11 is 0. The number of nitrogens with zero attached hydrogens (tertiary/aromatic N) is 5. The van der Waals surface area contributed by atoms with Gasteiger partial charge in [-0.1, -0.05) is 0 Å². The van der Waals surface area contributed by atoms with Crippen LogP contribution in [0.2, 0.25) is 0 Å². The van der Waals surface area contributed by atoms with E-state index in [1.807, 2.05) is 16.5 Å². The molecule has 0 radical (unpaired) electrons. The third-order valence-electron chi connectivity index (χ3n) is 2.91. The molecular weight excluding hydrogens is 209 g/mol. The van der Waals surface area contributed by atoms with Crippen molar-refractivity contribution in [2.24, 2.45) is 7.05 Å². The summed E-state index contributed by atoms with van der Waals surface area (Å²) in [7, 11) is 1.88. The Bertz CT molecular complexity index is 523. The molecule has 0 N–H and O–H groups in total. The van der Waals surface area contributed by atoms with Crippen molar-refractivity contribution in [3.8, 4) is 0 Å². The first-order valence-corrected chi connectivity index (χ1v) is 5.27. The second-order valence-electron chi connectivity index (χ2n) is 4.06. The van der Waals surface area contributed by atoms with Gasteiger partial charge in [-0.25, -0.2) is 19.3 Å². The summed E-state index contributed by atoms with van der Waals surface area (Å²) in [6, 6.07) is 0. The Morgan fingerprint density at radius 2 is 2.25 bits per heavy atom. The molecule has 0 bridgehead atoms. The zero-order valence-electron chi connectivity index (χ0n) is 8.97. The van der Waals surface area contributed by atoms with Gasteiger partial charge >= 0.3 is 0 Å². The number of hydrogen-bond acceptors (Lipinski definition) is 4. The maximum absolute atomic E-state index is 13.2. The van der Waals surface area contributed by atoms with E-state index in [4.69, 9.17) is 0 Å². The molecule has 0 aliphatic carbocycles. The number of fused-ring (bicyclic) bond motifs is 1. The molecule has 1 fully saturated rings. The van der Waals surface area contributed by atoms with E-state index in [9.17, 15) is 4.39 Å². The van der Waals surface area contributed by atoms with Gasteiger partial charge in [0.25, 0.3) is 0 Å². The molecule has 1 unspecified atom stereocenters. The second kappa shape index (κ2) is 3.40. The van der Waals surface area contributed by atoms with Gasteiger partial charge in [0.05, 0.1) is 12.9 Å². The lowest BCUT2D eigenvalue weighted by molar-refractivity contribution is 0.364. The Hall–Kier alpha value is -1.72. The molecule has 6 heteroatoms. The number of anilines is 1. The van der Waals surface area contributed by atoms with E-state index in [0.717, 1.165) is 17.0 Å². The van der Waals surface area contributed by atoms with Crippen molar-refractivity contribution in [3.63, 3.8) is 0 Å².